The number of ether oxygens (including phenoxy) is 1. The van der Waals surface area contributed by atoms with Gasteiger partial charge >= 0.3 is 0 Å². The lowest BCUT2D eigenvalue weighted by molar-refractivity contribution is -0.138. The van der Waals surface area contributed by atoms with E-state index in [-0.39, 0.29) is 29.4 Å². The molecule has 1 aromatic carbocycles. The smallest absolute Gasteiger partial charge is 0.263 e. The Morgan fingerprint density at radius 2 is 2.33 bits per heavy atom. The molecule has 1 fully saturated rings. The third-order valence-electron chi connectivity index (χ3n) is 3.48. The summed E-state index contributed by atoms with van der Waals surface area (Å²) in [5, 5.41) is 0.154. The Morgan fingerprint density at radius 1 is 1.62 bits per heavy atom. The number of rotatable bonds is 4. The van der Waals surface area contributed by atoms with Crippen LogP contribution in [0.3, 0.4) is 0 Å². The monoisotopic (exact) mass is 336 g/mol. The van der Waals surface area contributed by atoms with Crippen molar-refractivity contribution in [2.75, 3.05) is 13.1 Å². The molecule has 0 radical (unpaired) electrons. The fourth-order valence-electron chi connectivity index (χ4n) is 2.42. The van der Waals surface area contributed by atoms with Gasteiger partial charge in [0, 0.05) is 19.1 Å². The molecule has 21 heavy (non-hydrogen) atoms. The van der Waals surface area contributed by atoms with E-state index in [2.05, 4.69) is 0 Å². The molecule has 0 spiro atoms. The van der Waals surface area contributed by atoms with Crippen molar-refractivity contribution >= 4 is 29.9 Å². The first-order chi connectivity index (χ1) is 9.52. The fourth-order valence-corrected chi connectivity index (χ4v) is 2.63. The van der Waals surface area contributed by atoms with E-state index >= 15 is 0 Å². The molecule has 2 atom stereocenters. The molecule has 1 heterocycles. The van der Waals surface area contributed by atoms with Crippen molar-refractivity contribution in [2.24, 2.45) is 5.73 Å². The fraction of sp³-hybridized carbons (Fsp3) is 0.500. The van der Waals surface area contributed by atoms with Gasteiger partial charge in [-0.25, -0.2) is 4.39 Å². The van der Waals surface area contributed by atoms with Gasteiger partial charge in [-0.15, -0.1) is 12.4 Å². The molecule has 2 rings (SSSR count). The molecule has 1 amide bonds. The largest absolute Gasteiger partial charge is 0.479 e. The highest BCUT2D eigenvalue weighted by Crippen LogP contribution is 2.27. The van der Waals surface area contributed by atoms with Crippen molar-refractivity contribution in [1.82, 2.24) is 4.90 Å². The van der Waals surface area contributed by atoms with Crippen molar-refractivity contribution < 1.29 is 13.9 Å². The SMILES string of the molecule is CC(Oc1ccc(F)cc1Cl)C(=O)N1CCCC1CN.Cl. The minimum atomic E-state index is -0.676. The summed E-state index contributed by atoms with van der Waals surface area (Å²) >= 11 is 5.88. The molecule has 2 unspecified atom stereocenters. The number of carbonyl (C=O) groups is 1. The van der Waals surface area contributed by atoms with Gasteiger partial charge in [-0.3, -0.25) is 4.79 Å². The average Bonchev–Trinajstić information content (AvgIpc) is 2.89. The van der Waals surface area contributed by atoms with E-state index in [4.69, 9.17) is 22.1 Å². The molecular weight excluding hydrogens is 318 g/mol. The average molecular weight is 337 g/mol. The van der Waals surface area contributed by atoms with Crippen LogP contribution in [0, 0.1) is 5.82 Å². The van der Waals surface area contributed by atoms with Gasteiger partial charge in [0.15, 0.2) is 6.10 Å². The minimum Gasteiger partial charge on any atom is -0.479 e. The van der Waals surface area contributed by atoms with Gasteiger partial charge in [0.05, 0.1) is 5.02 Å². The number of hydrogen-bond donors (Lipinski definition) is 1. The van der Waals surface area contributed by atoms with Crippen LogP contribution < -0.4 is 10.5 Å². The second-order valence-electron chi connectivity index (χ2n) is 4.90. The maximum atomic E-state index is 13.0. The van der Waals surface area contributed by atoms with E-state index in [0.29, 0.717) is 18.8 Å². The maximum absolute atomic E-state index is 13.0. The molecule has 4 nitrogen and oxygen atoms in total. The van der Waals surface area contributed by atoms with Crippen molar-refractivity contribution in [3.63, 3.8) is 0 Å². The zero-order valence-electron chi connectivity index (χ0n) is 11.7. The first-order valence-corrected chi connectivity index (χ1v) is 7.03. The molecule has 2 N–H and O–H groups in total. The predicted octanol–water partition coefficient (Wildman–Crippen LogP) is 2.62. The zero-order valence-corrected chi connectivity index (χ0v) is 13.3. The Kier molecular flexibility index (Phi) is 6.71. The third-order valence-corrected chi connectivity index (χ3v) is 3.77. The summed E-state index contributed by atoms with van der Waals surface area (Å²) in [7, 11) is 0. The maximum Gasteiger partial charge on any atom is 0.263 e. The van der Waals surface area contributed by atoms with Gasteiger partial charge in [-0.1, -0.05) is 11.6 Å². The van der Waals surface area contributed by atoms with Crippen molar-refractivity contribution in [3.05, 3.63) is 29.0 Å². The lowest BCUT2D eigenvalue weighted by Gasteiger charge is -2.27. The van der Waals surface area contributed by atoms with Crippen LogP contribution in [0.4, 0.5) is 4.39 Å². The van der Waals surface area contributed by atoms with Crippen LogP contribution >= 0.6 is 24.0 Å². The number of hydrogen-bond acceptors (Lipinski definition) is 3. The van der Waals surface area contributed by atoms with Gasteiger partial charge in [0.2, 0.25) is 0 Å². The van der Waals surface area contributed by atoms with Crippen molar-refractivity contribution in [3.8, 4) is 5.75 Å². The molecule has 0 aliphatic carbocycles. The summed E-state index contributed by atoms with van der Waals surface area (Å²) in [6, 6.07) is 3.91. The van der Waals surface area contributed by atoms with E-state index in [0.717, 1.165) is 18.9 Å². The van der Waals surface area contributed by atoms with Crippen molar-refractivity contribution in [2.45, 2.75) is 31.9 Å². The number of likely N-dealkylation sites (tertiary alicyclic amines) is 1. The lowest BCUT2D eigenvalue weighted by Crippen LogP contribution is -2.45. The van der Waals surface area contributed by atoms with Gasteiger partial charge < -0.3 is 15.4 Å². The van der Waals surface area contributed by atoms with Crippen molar-refractivity contribution in [1.29, 1.82) is 0 Å². The highest BCUT2D eigenvalue weighted by Gasteiger charge is 2.31. The first kappa shape index (κ1) is 18.0. The lowest BCUT2D eigenvalue weighted by atomic mass is 10.2. The normalized spacial score (nSPS) is 19.0. The molecule has 0 saturated carbocycles. The first-order valence-electron chi connectivity index (χ1n) is 6.65. The van der Waals surface area contributed by atoms with E-state index < -0.39 is 11.9 Å². The Bertz CT molecular complexity index is 502. The van der Waals surface area contributed by atoms with E-state index in [1.807, 2.05) is 0 Å². The molecule has 7 heteroatoms. The summed E-state index contributed by atoms with van der Waals surface area (Å²) in [5.74, 6) is -0.250. The van der Waals surface area contributed by atoms with Gasteiger partial charge in [-0.05, 0) is 38.0 Å². The number of nitrogens with zero attached hydrogens (tertiary/aromatic N) is 1. The van der Waals surface area contributed by atoms with Gasteiger partial charge in [-0.2, -0.15) is 0 Å². The zero-order chi connectivity index (χ0) is 14.7. The van der Waals surface area contributed by atoms with E-state index in [9.17, 15) is 9.18 Å². The molecule has 0 bridgehead atoms. The quantitative estimate of drug-likeness (QED) is 0.919. The van der Waals surface area contributed by atoms with Crippen LogP contribution in [0.25, 0.3) is 0 Å². The molecule has 118 valence electrons. The summed E-state index contributed by atoms with van der Waals surface area (Å²) in [6.45, 7) is 2.81. The highest BCUT2D eigenvalue weighted by molar-refractivity contribution is 6.32. The van der Waals surface area contributed by atoms with Gasteiger partial charge in [0.1, 0.15) is 11.6 Å². The van der Waals surface area contributed by atoms with Gasteiger partial charge in [0.25, 0.3) is 5.91 Å². The highest BCUT2D eigenvalue weighted by atomic mass is 35.5. The Labute approximate surface area is 134 Å². The van der Waals surface area contributed by atoms with E-state index in [1.165, 1.54) is 12.1 Å². The van der Waals surface area contributed by atoms with E-state index in [1.54, 1.807) is 11.8 Å². The third kappa shape index (κ3) is 4.22. The molecule has 1 aliphatic heterocycles. The molecular formula is C14H19Cl2FN2O2. The predicted molar refractivity (Wildman–Crippen MR) is 82.5 cm³/mol. The summed E-state index contributed by atoms with van der Waals surface area (Å²) in [6.07, 6.45) is 1.20. The summed E-state index contributed by atoms with van der Waals surface area (Å²) in [4.78, 5) is 14.1. The van der Waals surface area contributed by atoms with Crippen LogP contribution in [-0.2, 0) is 4.79 Å². The number of amides is 1. The Hall–Kier alpha value is -1.04. The van der Waals surface area contributed by atoms with Crippen LogP contribution in [0.5, 0.6) is 5.75 Å². The molecule has 0 aromatic heterocycles. The summed E-state index contributed by atoms with van der Waals surface area (Å²) < 4.78 is 18.5. The second-order valence-corrected chi connectivity index (χ2v) is 5.31. The van der Waals surface area contributed by atoms with Crippen LogP contribution in [0.1, 0.15) is 19.8 Å². The molecule has 1 aliphatic rings. The van der Waals surface area contributed by atoms with Crippen LogP contribution in [0.2, 0.25) is 5.02 Å². The number of halogens is 3. The molecule has 1 saturated heterocycles. The minimum absolute atomic E-state index is 0. The number of benzene rings is 1. The second kappa shape index (κ2) is 7.82. The Morgan fingerprint density at radius 3 is 2.95 bits per heavy atom. The molecule has 1 aromatic rings. The standard InChI is InChI=1S/C14H18ClFN2O2.ClH/c1-9(14(19)18-6-2-3-11(18)8-17)20-13-5-4-10(16)7-12(13)15;/h4-5,7,9,11H,2-3,6,8,17H2,1H3;1H. The topological polar surface area (TPSA) is 55.6 Å². The number of nitrogens with two attached hydrogens (primary N) is 1. The summed E-state index contributed by atoms with van der Waals surface area (Å²) in [5.41, 5.74) is 5.66. The Balaban J connectivity index is 0.00000220. The van der Waals surface area contributed by atoms with Crippen LogP contribution in [-0.4, -0.2) is 36.0 Å². The number of carbonyl (C=O) groups excluding carboxylic acids is 1. The van der Waals surface area contributed by atoms with Crippen LogP contribution in [0.15, 0.2) is 18.2 Å².